The van der Waals surface area contributed by atoms with E-state index in [0.717, 1.165) is 12.1 Å². The van der Waals surface area contributed by atoms with Crippen molar-refractivity contribution in [2.45, 2.75) is 46.6 Å². The van der Waals surface area contributed by atoms with E-state index in [1.165, 1.54) is 11.1 Å². The van der Waals surface area contributed by atoms with Gasteiger partial charge in [-0.1, -0.05) is 19.1 Å². The Balaban J connectivity index is 2.38. The minimum absolute atomic E-state index is 0.113. The zero-order valence-electron chi connectivity index (χ0n) is 11.8. The maximum atomic E-state index is 11.6. The van der Waals surface area contributed by atoms with Crippen LogP contribution in [0.25, 0.3) is 0 Å². The van der Waals surface area contributed by atoms with Crippen LogP contribution in [-0.2, 0) is 4.79 Å². The van der Waals surface area contributed by atoms with E-state index in [2.05, 4.69) is 43.5 Å². The number of nitrogens with one attached hydrogen (secondary N) is 2. The van der Waals surface area contributed by atoms with Gasteiger partial charge in [0, 0.05) is 24.7 Å². The van der Waals surface area contributed by atoms with E-state index in [1.807, 2.05) is 13.0 Å². The molecule has 0 spiro atoms. The third kappa shape index (κ3) is 4.40. The molecule has 1 unspecified atom stereocenters. The Morgan fingerprint density at radius 1 is 1.33 bits per heavy atom. The van der Waals surface area contributed by atoms with E-state index >= 15 is 0 Å². The Kier molecular flexibility index (Phi) is 5.69. The summed E-state index contributed by atoms with van der Waals surface area (Å²) in [5.74, 6) is 0.113. The lowest BCUT2D eigenvalue weighted by Crippen LogP contribution is -2.32. The van der Waals surface area contributed by atoms with E-state index in [9.17, 15) is 4.79 Å². The quantitative estimate of drug-likeness (QED) is 0.812. The second kappa shape index (κ2) is 7.04. The Morgan fingerprint density at radius 3 is 2.72 bits per heavy atom. The van der Waals surface area contributed by atoms with Crippen LogP contribution in [0.4, 0.5) is 5.69 Å². The number of rotatable bonds is 6. The summed E-state index contributed by atoms with van der Waals surface area (Å²) in [5, 5.41) is 6.28. The molecule has 1 aromatic rings. The SMILES string of the molecule is CCC(C)NC(=O)CCNc1cccc(C)c1C. The minimum atomic E-state index is 0.113. The first-order valence-corrected chi connectivity index (χ1v) is 6.64. The molecule has 1 atom stereocenters. The summed E-state index contributed by atoms with van der Waals surface area (Å²) < 4.78 is 0. The standard InChI is InChI=1S/C15H24N2O/c1-5-12(3)17-15(18)9-10-16-14-8-6-7-11(2)13(14)4/h6-8,12,16H,5,9-10H2,1-4H3,(H,17,18). The third-order valence-electron chi connectivity index (χ3n) is 3.29. The summed E-state index contributed by atoms with van der Waals surface area (Å²) >= 11 is 0. The molecule has 3 nitrogen and oxygen atoms in total. The van der Waals surface area contributed by atoms with Crippen LogP contribution in [0.1, 0.15) is 37.8 Å². The van der Waals surface area contributed by atoms with Crippen molar-refractivity contribution in [3.63, 3.8) is 0 Å². The van der Waals surface area contributed by atoms with Crippen molar-refractivity contribution in [2.24, 2.45) is 0 Å². The first-order chi connectivity index (χ1) is 8.54. The largest absolute Gasteiger partial charge is 0.384 e. The van der Waals surface area contributed by atoms with Crippen LogP contribution >= 0.6 is 0 Å². The van der Waals surface area contributed by atoms with E-state index in [4.69, 9.17) is 0 Å². The highest BCUT2D eigenvalue weighted by atomic mass is 16.1. The summed E-state index contributed by atoms with van der Waals surface area (Å²) in [6.07, 6.45) is 1.48. The van der Waals surface area contributed by atoms with Crippen molar-refractivity contribution in [3.05, 3.63) is 29.3 Å². The van der Waals surface area contributed by atoms with Gasteiger partial charge >= 0.3 is 0 Å². The van der Waals surface area contributed by atoms with Gasteiger partial charge in [-0.15, -0.1) is 0 Å². The molecule has 3 heteroatoms. The zero-order valence-corrected chi connectivity index (χ0v) is 11.8. The molecule has 0 radical (unpaired) electrons. The summed E-state index contributed by atoms with van der Waals surface area (Å²) in [6.45, 7) is 8.95. The smallest absolute Gasteiger partial charge is 0.221 e. The molecule has 0 aromatic heterocycles. The average Bonchev–Trinajstić information content (AvgIpc) is 2.34. The Hall–Kier alpha value is -1.51. The normalized spacial score (nSPS) is 12.0. The van der Waals surface area contributed by atoms with Gasteiger partial charge in [-0.3, -0.25) is 4.79 Å². The second-order valence-electron chi connectivity index (χ2n) is 4.80. The Labute approximate surface area is 110 Å². The van der Waals surface area contributed by atoms with E-state index in [1.54, 1.807) is 0 Å². The second-order valence-corrected chi connectivity index (χ2v) is 4.80. The van der Waals surface area contributed by atoms with Gasteiger partial charge in [0.25, 0.3) is 0 Å². The van der Waals surface area contributed by atoms with Gasteiger partial charge in [0.1, 0.15) is 0 Å². The van der Waals surface area contributed by atoms with Gasteiger partial charge in [0.05, 0.1) is 0 Å². The molecule has 0 fully saturated rings. The van der Waals surface area contributed by atoms with Gasteiger partial charge in [0.15, 0.2) is 0 Å². The predicted molar refractivity (Wildman–Crippen MR) is 76.9 cm³/mol. The van der Waals surface area contributed by atoms with Crippen LogP contribution in [0.5, 0.6) is 0 Å². The zero-order chi connectivity index (χ0) is 13.5. The number of anilines is 1. The van der Waals surface area contributed by atoms with Crippen LogP contribution in [0.2, 0.25) is 0 Å². The maximum absolute atomic E-state index is 11.6. The van der Waals surface area contributed by atoms with Gasteiger partial charge < -0.3 is 10.6 Å². The van der Waals surface area contributed by atoms with Crippen LogP contribution in [-0.4, -0.2) is 18.5 Å². The number of carbonyl (C=O) groups is 1. The molecule has 100 valence electrons. The summed E-state index contributed by atoms with van der Waals surface area (Å²) in [6, 6.07) is 6.44. The molecule has 0 aliphatic rings. The summed E-state index contributed by atoms with van der Waals surface area (Å²) in [4.78, 5) is 11.6. The van der Waals surface area contributed by atoms with Crippen LogP contribution < -0.4 is 10.6 Å². The molecule has 1 amide bonds. The fraction of sp³-hybridized carbons (Fsp3) is 0.533. The number of benzene rings is 1. The number of hydrogen-bond acceptors (Lipinski definition) is 2. The molecule has 0 aliphatic heterocycles. The van der Waals surface area contributed by atoms with Gasteiger partial charge in [-0.25, -0.2) is 0 Å². The highest BCUT2D eigenvalue weighted by molar-refractivity contribution is 5.76. The Bertz CT molecular complexity index is 401. The van der Waals surface area contributed by atoms with E-state index in [-0.39, 0.29) is 11.9 Å². The molecule has 0 heterocycles. The third-order valence-corrected chi connectivity index (χ3v) is 3.29. The predicted octanol–water partition coefficient (Wildman–Crippen LogP) is 3.02. The molecule has 1 aromatic carbocycles. The average molecular weight is 248 g/mol. The van der Waals surface area contributed by atoms with Crippen molar-refractivity contribution < 1.29 is 4.79 Å². The van der Waals surface area contributed by atoms with Crippen LogP contribution in [0.15, 0.2) is 18.2 Å². The number of aryl methyl sites for hydroxylation is 1. The van der Waals surface area contributed by atoms with E-state index < -0.39 is 0 Å². The molecule has 0 saturated carbocycles. The fourth-order valence-electron chi connectivity index (χ4n) is 1.70. The molecule has 0 aliphatic carbocycles. The lowest BCUT2D eigenvalue weighted by Gasteiger charge is -2.13. The number of amides is 1. The monoisotopic (exact) mass is 248 g/mol. The summed E-state index contributed by atoms with van der Waals surface area (Å²) in [7, 11) is 0. The van der Waals surface area contributed by atoms with Crippen molar-refractivity contribution >= 4 is 11.6 Å². The minimum Gasteiger partial charge on any atom is -0.384 e. The number of carbonyl (C=O) groups excluding carboxylic acids is 1. The van der Waals surface area contributed by atoms with Crippen molar-refractivity contribution in [3.8, 4) is 0 Å². The van der Waals surface area contributed by atoms with Gasteiger partial charge in [0.2, 0.25) is 5.91 Å². The molecule has 0 saturated heterocycles. The molecule has 1 rings (SSSR count). The van der Waals surface area contributed by atoms with Gasteiger partial charge in [-0.05, 0) is 44.4 Å². The fourth-order valence-corrected chi connectivity index (χ4v) is 1.70. The van der Waals surface area contributed by atoms with E-state index in [0.29, 0.717) is 13.0 Å². The lowest BCUT2D eigenvalue weighted by atomic mass is 10.1. The van der Waals surface area contributed by atoms with Crippen molar-refractivity contribution in [1.82, 2.24) is 5.32 Å². The van der Waals surface area contributed by atoms with Gasteiger partial charge in [-0.2, -0.15) is 0 Å². The highest BCUT2D eigenvalue weighted by Gasteiger charge is 2.05. The maximum Gasteiger partial charge on any atom is 0.221 e. The van der Waals surface area contributed by atoms with Crippen LogP contribution in [0, 0.1) is 13.8 Å². The number of hydrogen-bond donors (Lipinski definition) is 2. The molecule has 2 N–H and O–H groups in total. The van der Waals surface area contributed by atoms with Crippen molar-refractivity contribution in [2.75, 3.05) is 11.9 Å². The first kappa shape index (κ1) is 14.6. The molecule has 18 heavy (non-hydrogen) atoms. The van der Waals surface area contributed by atoms with Crippen molar-refractivity contribution in [1.29, 1.82) is 0 Å². The van der Waals surface area contributed by atoms with Crippen LogP contribution in [0.3, 0.4) is 0 Å². The first-order valence-electron chi connectivity index (χ1n) is 6.64. The topological polar surface area (TPSA) is 41.1 Å². The lowest BCUT2D eigenvalue weighted by molar-refractivity contribution is -0.121. The Morgan fingerprint density at radius 2 is 2.06 bits per heavy atom. The highest BCUT2D eigenvalue weighted by Crippen LogP contribution is 2.17. The molecular formula is C15H24N2O. The summed E-state index contributed by atoms with van der Waals surface area (Å²) in [5.41, 5.74) is 3.63. The molecular weight excluding hydrogens is 224 g/mol. The molecule has 0 bridgehead atoms.